The van der Waals surface area contributed by atoms with Crippen molar-refractivity contribution < 1.29 is 26.7 Å². The van der Waals surface area contributed by atoms with Crippen molar-refractivity contribution in [3.05, 3.63) is 59.7 Å². The van der Waals surface area contributed by atoms with Gasteiger partial charge in [0.2, 0.25) is 9.84 Å². The summed E-state index contributed by atoms with van der Waals surface area (Å²) in [5.74, 6) is -1.49. The van der Waals surface area contributed by atoms with Gasteiger partial charge in [0.15, 0.2) is 0 Å². The quantitative estimate of drug-likeness (QED) is 0.189. The number of sulfone groups is 1. The van der Waals surface area contributed by atoms with Crippen LogP contribution < -0.4 is 0 Å². The molecule has 0 radical (unpaired) electrons. The van der Waals surface area contributed by atoms with Crippen LogP contribution in [0.4, 0.5) is 8.78 Å². The Morgan fingerprint density at radius 1 is 0.886 bits per heavy atom. The molecule has 0 spiro atoms. The summed E-state index contributed by atoms with van der Waals surface area (Å²) in [4.78, 5) is 13.2. The number of rotatable bonds is 8. The van der Waals surface area contributed by atoms with Gasteiger partial charge < -0.3 is 4.74 Å². The number of esters is 1. The van der Waals surface area contributed by atoms with E-state index in [0.29, 0.717) is 12.0 Å². The molecule has 194 valence electrons. The molecule has 2 rings (SSSR count). The molecule has 0 saturated heterocycles. The van der Waals surface area contributed by atoms with Crippen molar-refractivity contribution in [1.29, 1.82) is 0 Å². The highest BCUT2D eigenvalue weighted by atomic mass is 79.9. The molecule has 0 N–H and O–H groups in total. The maximum Gasteiger partial charge on any atom is 0.313 e. The second-order valence-electron chi connectivity index (χ2n) is 11.5. The van der Waals surface area contributed by atoms with Crippen molar-refractivity contribution in [2.75, 3.05) is 0 Å². The molecule has 0 aliphatic carbocycles. The zero-order chi connectivity index (χ0) is 27.0. The van der Waals surface area contributed by atoms with Gasteiger partial charge >= 0.3 is 5.97 Å². The van der Waals surface area contributed by atoms with E-state index < -0.39 is 42.2 Å². The molecule has 8 heteroatoms. The molecule has 1 unspecified atom stereocenters. The number of alkyl halides is 1. The molecule has 0 aliphatic rings. The first-order chi connectivity index (χ1) is 15.7. The first-order valence-corrected chi connectivity index (χ1v) is 13.7. The lowest BCUT2D eigenvalue weighted by Crippen LogP contribution is -2.49. The van der Waals surface area contributed by atoms with Gasteiger partial charge in [-0.3, -0.25) is 4.79 Å². The predicted molar refractivity (Wildman–Crippen MR) is 137 cm³/mol. The molecule has 4 nitrogen and oxygen atoms in total. The highest BCUT2D eigenvalue weighted by Gasteiger charge is 2.51. The van der Waals surface area contributed by atoms with Gasteiger partial charge in [0, 0.05) is 4.32 Å². The standard InChI is InChI=1S/C27H35BrF2O4S/c1-24(2,3)34-23(31)27(8,26(6,7)28)17-25(4,5)16-18-15-20(30)11-14-22(18)35(32,33)21-12-9-19(29)10-13-21/h9-15H,16-17H2,1-8H3. The number of hydrogen-bond acceptors (Lipinski definition) is 4. The average molecular weight is 574 g/mol. The van der Waals surface area contributed by atoms with E-state index in [0.717, 1.165) is 18.2 Å². The van der Waals surface area contributed by atoms with Crippen LogP contribution in [0.25, 0.3) is 0 Å². The third kappa shape index (κ3) is 7.13. The second-order valence-corrected chi connectivity index (χ2v) is 15.4. The molecule has 0 saturated carbocycles. The molecule has 35 heavy (non-hydrogen) atoms. The first kappa shape index (κ1) is 29.4. The van der Waals surface area contributed by atoms with Crippen LogP contribution >= 0.6 is 15.9 Å². The van der Waals surface area contributed by atoms with Crippen molar-refractivity contribution in [1.82, 2.24) is 0 Å². The van der Waals surface area contributed by atoms with Crippen molar-refractivity contribution in [3.63, 3.8) is 0 Å². The molecule has 0 fully saturated rings. The Morgan fingerprint density at radius 2 is 1.40 bits per heavy atom. The monoisotopic (exact) mass is 572 g/mol. The Morgan fingerprint density at radius 3 is 1.89 bits per heavy atom. The fourth-order valence-corrected chi connectivity index (χ4v) is 5.91. The molecular weight excluding hydrogens is 538 g/mol. The molecule has 0 bridgehead atoms. The van der Waals surface area contributed by atoms with Crippen LogP contribution in [0.5, 0.6) is 0 Å². The Kier molecular flexibility index (Phi) is 8.34. The lowest BCUT2D eigenvalue weighted by atomic mass is 9.66. The van der Waals surface area contributed by atoms with Gasteiger partial charge in [-0.2, -0.15) is 0 Å². The summed E-state index contributed by atoms with van der Waals surface area (Å²) in [6, 6.07) is 8.07. The van der Waals surface area contributed by atoms with Crippen LogP contribution in [-0.4, -0.2) is 24.3 Å². The molecule has 0 aliphatic heterocycles. The van der Waals surface area contributed by atoms with E-state index in [-0.39, 0.29) is 22.2 Å². The van der Waals surface area contributed by atoms with Crippen LogP contribution in [0, 0.1) is 22.5 Å². The zero-order valence-corrected chi connectivity index (χ0v) is 24.0. The predicted octanol–water partition coefficient (Wildman–Crippen LogP) is 7.28. The van der Waals surface area contributed by atoms with E-state index in [4.69, 9.17) is 4.74 Å². The number of carbonyl (C=O) groups excluding carboxylic acids is 1. The lowest BCUT2D eigenvalue weighted by molar-refractivity contribution is -0.170. The maximum absolute atomic E-state index is 14.3. The number of carbonyl (C=O) groups is 1. The van der Waals surface area contributed by atoms with Crippen LogP contribution in [0.3, 0.4) is 0 Å². The number of ether oxygens (including phenoxy) is 1. The summed E-state index contributed by atoms with van der Waals surface area (Å²) in [6.45, 7) is 14.8. The van der Waals surface area contributed by atoms with Crippen molar-refractivity contribution >= 4 is 31.7 Å². The van der Waals surface area contributed by atoms with Gasteiger partial charge in [0.1, 0.15) is 17.2 Å². The number of halogens is 3. The van der Waals surface area contributed by atoms with E-state index in [1.807, 2.05) is 34.6 Å². The minimum Gasteiger partial charge on any atom is -0.460 e. The van der Waals surface area contributed by atoms with Crippen LogP contribution in [0.2, 0.25) is 0 Å². The van der Waals surface area contributed by atoms with Gasteiger partial charge in [0.25, 0.3) is 0 Å². The zero-order valence-electron chi connectivity index (χ0n) is 21.6. The van der Waals surface area contributed by atoms with Gasteiger partial charge in [-0.1, -0.05) is 29.8 Å². The normalized spacial score (nSPS) is 14.9. The van der Waals surface area contributed by atoms with E-state index in [1.165, 1.54) is 24.3 Å². The molecule has 2 aromatic rings. The summed E-state index contributed by atoms with van der Waals surface area (Å²) in [5, 5.41) is 0. The summed E-state index contributed by atoms with van der Waals surface area (Å²) in [6.07, 6.45) is 0.516. The highest BCUT2D eigenvalue weighted by molar-refractivity contribution is 9.10. The highest BCUT2D eigenvalue weighted by Crippen LogP contribution is 2.49. The van der Waals surface area contributed by atoms with Crippen LogP contribution in [0.15, 0.2) is 52.3 Å². The average Bonchev–Trinajstić information content (AvgIpc) is 2.65. The van der Waals surface area contributed by atoms with E-state index >= 15 is 0 Å². The van der Waals surface area contributed by atoms with Crippen LogP contribution in [0.1, 0.15) is 67.4 Å². The smallest absolute Gasteiger partial charge is 0.313 e. The number of benzene rings is 2. The Hall–Kier alpha value is -1.80. The van der Waals surface area contributed by atoms with Gasteiger partial charge in [-0.15, -0.1) is 0 Å². The summed E-state index contributed by atoms with van der Waals surface area (Å²) < 4.78 is 59.4. The minimum atomic E-state index is -4.02. The van der Waals surface area contributed by atoms with E-state index in [1.54, 1.807) is 20.8 Å². The van der Waals surface area contributed by atoms with Crippen molar-refractivity contribution in [2.45, 2.75) is 87.9 Å². The van der Waals surface area contributed by atoms with Gasteiger partial charge in [-0.25, -0.2) is 17.2 Å². The summed E-state index contributed by atoms with van der Waals surface area (Å²) >= 11 is 3.65. The second kappa shape index (κ2) is 9.92. The molecular formula is C27H35BrF2O4S. The SMILES string of the molecule is CC(C)(Cc1cc(F)ccc1S(=O)(=O)c1ccc(F)cc1)CC(C)(C(=O)OC(C)(C)C)C(C)(C)Br. The fourth-order valence-electron chi connectivity index (χ4n) is 4.14. The molecule has 0 aromatic heterocycles. The third-order valence-corrected chi connectivity index (χ3v) is 8.84. The Balaban J connectivity index is 2.51. The minimum absolute atomic E-state index is 0.0457. The van der Waals surface area contributed by atoms with Crippen molar-refractivity contribution in [2.24, 2.45) is 10.8 Å². The first-order valence-electron chi connectivity index (χ1n) is 11.4. The maximum atomic E-state index is 14.3. The fraction of sp³-hybridized carbons (Fsp3) is 0.519. The molecule has 2 aromatic carbocycles. The van der Waals surface area contributed by atoms with Crippen molar-refractivity contribution in [3.8, 4) is 0 Å². The summed E-state index contributed by atoms with van der Waals surface area (Å²) in [5.41, 5.74) is -2.00. The third-order valence-electron chi connectivity index (χ3n) is 6.10. The Labute approximate surface area is 216 Å². The van der Waals surface area contributed by atoms with E-state index in [9.17, 15) is 22.0 Å². The molecule has 0 heterocycles. The van der Waals surface area contributed by atoms with E-state index in [2.05, 4.69) is 15.9 Å². The van der Waals surface area contributed by atoms with Gasteiger partial charge in [0.05, 0.1) is 15.2 Å². The largest absolute Gasteiger partial charge is 0.460 e. The topological polar surface area (TPSA) is 60.4 Å². The number of hydrogen-bond donors (Lipinski definition) is 0. The lowest BCUT2D eigenvalue weighted by Gasteiger charge is -2.44. The van der Waals surface area contributed by atoms with Crippen LogP contribution in [-0.2, 0) is 25.8 Å². The van der Waals surface area contributed by atoms with Gasteiger partial charge in [-0.05, 0) is 108 Å². The molecule has 1 atom stereocenters. The summed E-state index contributed by atoms with van der Waals surface area (Å²) in [7, 11) is -4.02. The molecule has 0 amide bonds. The Bertz CT molecular complexity index is 1180.